The summed E-state index contributed by atoms with van der Waals surface area (Å²) in [6.07, 6.45) is 6.49. The van der Waals surface area contributed by atoms with Crippen LogP contribution in [0.15, 0.2) is 65.6 Å². The van der Waals surface area contributed by atoms with Gasteiger partial charge in [0.25, 0.3) is 15.7 Å². The molecular weight excluding hydrogens is 469 g/mol. The van der Waals surface area contributed by atoms with Gasteiger partial charge in [-0.2, -0.15) is 13.2 Å². The van der Waals surface area contributed by atoms with E-state index in [2.05, 4.69) is 11.0 Å². The Bertz CT molecular complexity index is 1140. The average Bonchev–Trinajstić information content (AvgIpc) is 3.50. The summed E-state index contributed by atoms with van der Waals surface area (Å²) in [6.45, 7) is 3.59. The minimum absolute atomic E-state index is 0.0353. The first-order valence-electron chi connectivity index (χ1n) is 11.0. The van der Waals surface area contributed by atoms with Crippen LogP contribution in [0.4, 0.5) is 13.2 Å². The summed E-state index contributed by atoms with van der Waals surface area (Å²) in [7, 11) is -5.38. The maximum absolute atomic E-state index is 13.0. The van der Waals surface area contributed by atoms with Crippen molar-refractivity contribution in [2.24, 2.45) is 0 Å². The Morgan fingerprint density at radius 3 is 2.26 bits per heavy atom. The zero-order valence-electron chi connectivity index (χ0n) is 18.4. The number of carbonyl (C=O) groups excluding carboxylic acids is 1. The summed E-state index contributed by atoms with van der Waals surface area (Å²) in [6, 6.07) is 11.1. The Morgan fingerprint density at radius 1 is 1.00 bits per heavy atom. The summed E-state index contributed by atoms with van der Waals surface area (Å²) in [5, 5.41) is 0. The standard InChI is InChI=1S/C24H25F3N2O4S/c25-24(26,27)34(31,32)22-11-5-18(6-12-22)17-33-21-9-7-19(8-10-21)23(30)29-15-3-4-20(29)16-28-13-1-2-14-28/h3-12,20H,1-2,13-17H2/t20-/m0/s1. The van der Waals surface area contributed by atoms with Crippen LogP contribution >= 0.6 is 0 Å². The van der Waals surface area contributed by atoms with Crippen LogP contribution in [0.25, 0.3) is 0 Å². The Kier molecular flexibility index (Phi) is 6.99. The highest BCUT2D eigenvalue weighted by atomic mass is 32.2. The number of hydrogen-bond donors (Lipinski definition) is 0. The van der Waals surface area contributed by atoms with Gasteiger partial charge in [0.15, 0.2) is 0 Å². The molecular formula is C24H25F3N2O4S. The number of benzene rings is 2. The molecule has 2 aliphatic rings. The molecule has 0 saturated carbocycles. The number of hydrogen-bond acceptors (Lipinski definition) is 5. The zero-order chi connectivity index (χ0) is 24.3. The number of alkyl halides is 3. The molecule has 182 valence electrons. The molecule has 4 rings (SSSR count). The molecule has 1 amide bonds. The largest absolute Gasteiger partial charge is 0.501 e. The lowest BCUT2D eigenvalue weighted by Crippen LogP contribution is -2.42. The molecule has 1 saturated heterocycles. The van der Waals surface area contributed by atoms with E-state index in [0.29, 0.717) is 23.4 Å². The van der Waals surface area contributed by atoms with E-state index in [1.54, 1.807) is 24.3 Å². The van der Waals surface area contributed by atoms with E-state index in [9.17, 15) is 26.4 Å². The number of carbonyl (C=O) groups is 1. The molecule has 0 radical (unpaired) electrons. The van der Waals surface area contributed by atoms with Crippen LogP contribution in [0.2, 0.25) is 0 Å². The van der Waals surface area contributed by atoms with Crippen LogP contribution in [0.1, 0.15) is 28.8 Å². The molecule has 10 heteroatoms. The van der Waals surface area contributed by atoms with Crippen molar-refractivity contribution in [1.82, 2.24) is 9.80 Å². The first-order valence-corrected chi connectivity index (χ1v) is 12.5. The van der Waals surface area contributed by atoms with Crippen molar-refractivity contribution in [2.75, 3.05) is 26.2 Å². The maximum Gasteiger partial charge on any atom is 0.501 e. The zero-order valence-corrected chi connectivity index (χ0v) is 19.2. The molecule has 34 heavy (non-hydrogen) atoms. The molecule has 0 N–H and O–H groups in total. The molecule has 1 atom stereocenters. The van der Waals surface area contributed by atoms with Crippen molar-refractivity contribution in [2.45, 2.75) is 35.9 Å². The smallest absolute Gasteiger partial charge is 0.489 e. The van der Waals surface area contributed by atoms with Gasteiger partial charge in [0.1, 0.15) is 12.4 Å². The monoisotopic (exact) mass is 494 g/mol. The van der Waals surface area contributed by atoms with E-state index in [1.807, 2.05) is 11.0 Å². The number of likely N-dealkylation sites (tertiary alicyclic amines) is 1. The third-order valence-electron chi connectivity index (χ3n) is 6.01. The predicted octanol–water partition coefficient (Wildman–Crippen LogP) is 4.04. The van der Waals surface area contributed by atoms with Crippen LogP contribution < -0.4 is 4.74 Å². The van der Waals surface area contributed by atoms with Gasteiger partial charge in [-0.05, 0) is 67.9 Å². The van der Waals surface area contributed by atoms with Gasteiger partial charge in [-0.3, -0.25) is 4.79 Å². The first-order chi connectivity index (χ1) is 16.1. The lowest BCUT2D eigenvalue weighted by Gasteiger charge is -2.28. The quantitative estimate of drug-likeness (QED) is 0.544. The van der Waals surface area contributed by atoms with Gasteiger partial charge < -0.3 is 14.5 Å². The minimum Gasteiger partial charge on any atom is -0.489 e. The van der Waals surface area contributed by atoms with E-state index < -0.39 is 20.2 Å². The fraction of sp³-hybridized carbons (Fsp3) is 0.375. The normalized spacial score (nSPS) is 19.0. The van der Waals surface area contributed by atoms with Crippen molar-refractivity contribution in [1.29, 1.82) is 0 Å². The van der Waals surface area contributed by atoms with Crippen molar-refractivity contribution < 1.29 is 31.1 Å². The minimum atomic E-state index is -5.38. The van der Waals surface area contributed by atoms with Gasteiger partial charge in [0.05, 0.1) is 10.9 Å². The summed E-state index contributed by atoms with van der Waals surface area (Å²) < 4.78 is 66.5. The molecule has 0 bridgehead atoms. The van der Waals surface area contributed by atoms with Crippen LogP contribution in [-0.2, 0) is 16.4 Å². The van der Waals surface area contributed by atoms with Crippen LogP contribution in [0.3, 0.4) is 0 Å². The molecule has 1 fully saturated rings. The lowest BCUT2D eigenvalue weighted by molar-refractivity contribution is -0.0436. The molecule has 0 aromatic heterocycles. The van der Waals surface area contributed by atoms with Crippen molar-refractivity contribution >= 4 is 15.7 Å². The molecule has 2 aromatic carbocycles. The molecule has 2 heterocycles. The average molecular weight is 495 g/mol. The molecule has 6 nitrogen and oxygen atoms in total. The summed E-state index contributed by atoms with van der Waals surface area (Å²) >= 11 is 0. The topological polar surface area (TPSA) is 66.9 Å². The van der Waals surface area contributed by atoms with Crippen molar-refractivity contribution in [3.05, 3.63) is 71.8 Å². The highest BCUT2D eigenvalue weighted by molar-refractivity contribution is 7.92. The van der Waals surface area contributed by atoms with E-state index >= 15 is 0 Å². The molecule has 0 unspecified atom stereocenters. The van der Waals surface area contributed by atoms with Crippen LogP contribution in [0.5, 0.6) is 5.75 Å². The number of halogens is 3. The summed E-state index contributed by atoms with van der Waals surface area (Å²) in [5.41, 5.74) is -4.29. The van der Waals surface area contributed by atoms with Crippen LogP contribution in [0, 0.1) is 0 Å². The van der Waals surface area contributed by atoms with Gasteiger partial charge in [0, 0.05) is 18.7 Å². The lowest BCUT2D eigenvalue weighted by atomic mass is 10.1. The second kappa shape index (κ2) is 9.79. The van der Waals surface area contributed by atoms with Crippen molar-refractivity contribution in [3.8, 4) is 5.75 Å². The Labute approximate surface area is 196 Å². The Balaban J connectivity index is 1.33. The van der Waals surface area contributed by atoms with E-state index in [4.69, 9.17) is 4.74 Å². The second-order valence-electron chi connectivity index (χ2n) is 8.37. The fourth-order valence-electron chi connectivity index (χ4n) is 4.12. The molecule has 2 aliphatic heterocycles. The van der Waals surface area contributed by atoms with Gasteiger partial charge in [0.2, 0.25) is 0 Å². The van der Waals surface area contributed by atoms with E-state index in [1.165, 1.54) is 25.0 Å². The number of nitrogens with zero attached hydrogens (tertiary/aromatic N) is 2. The highest BCUT2D eigenvalue weighted by Crippen LogP contribution is 2.30. The summed E-state index contributed by atoms with van der Waals surface area (Å²) in [4.78, 5) is 16.4. The van der Waals surface area contributed by atoms with E-state index in [-0.39, 0.29) is 18.6 Å². The Hall–Kier alpha value is -2.85. The van der Waals surface area contributed by atoms with Gasteiger partial charge in [-0.15, -0.1) is 0 Å². The molecule has 2 aromatic rings. The Morgan fingerprint density at radius 2 is 1.65 bits per heavy atom. The third kappa shape index (κ3) is 5.28. The number of sulfone groups is 1. The van der Waals surface area contributed by atoms with Gasteiger partial charge in [-0.1, -0.05) is 24.3 Å². The number of rotatable bonds is 7. The maximum atomic E-state index is 13.0. The van der Waals surface area contributed by atoms with Gasteiger partial charge >= 0.3 is 5.51 Å². The number of ether oxygens (including phenoxy) is 1. The molecule has 0 aliphatic carbocycles. The molecule has 0 spiro atoms. The third-order valence-corrected chi connectivity index (χ3v) is 7.51. The fourth-order valence-corrected chi connectivity index (χ4v) is 4.88. The number of amides is 1. The summed E-state index contributed by atoms with van der Waals surface area (Å²) in [5.74, 6) is 0.430. The van der Waals surface area contributed by atoms with Crippen molar-refractivity contribution in [3.63, 3.8) is 0 Å². The highest BCUT2D eigenvalue weighted by Gasteiger charge is 2.46. The second-order valence-corrected chi connectivity index (χ2v) is 10.3. The first kappa shape index (κ1) is 24.3. The predicted molar refractivity (Wildman–Crippen MR) is 120 cm³/mol. The van der Waals surface area contributed by atoms with E-state index in [0.717, 1.165) is 31.8 Å². The van der Waals surface area contributed by atoms with Gasteiger partial charge in [-0.25, -0.2) is 8.42 Å². The SMILES string of the molecule is O=C(c1ccc(OCc2ccc(S(=O)(=O)C(F)(F)F)cc2)cc1)N1CC=C[C@H]1CN1CCCC1. The van der Waals surface area contributed by atoms with Crippen LogP contribution in [-0.4, -0.2) is 61.9 Å².